The predicted molar refractivity (Wildman–Crippen MR) is 122 cm³/mol. The Balaban J connectivity index is 1.47. The van der Waals surface area contributed by atoms with E-state index < -0.39 is 0 Å². The number of nitrogens with one attached hydrogen (secondary N) is 2. The molecule has 6 nitrogen and oxygen atoms in total. The van der Waals surface area contributed by atoms with Crippen LogP contribution >= 0.6 is 11.6 Å². The van der Waals surface area contributed by atoms with E-state index in [0.29, 0.717) is 23.1 Å². The van der Waals surface area contributed by atoms with E-state index in [9.17, 15) is 0 Å². The molecular weight excluding hydrogens is 398 g/mol. The van der Waals surface area contributed by atoms with Gasteiger partial charge in [-0.25, -0.2) is 9.97 Å². The van der Waals surface area contributed by atoms with Crippen molar-refractivity contribution in [2.45, 2.75) is 13.3 Å². The van der Waals surface area contributed by atoms with E-state index in [1.807, 2.05) is 31.3 Å². The van der Waals surface area contributed by atoms with Crippen molar-refractivity contribution in [2.24, 2.45) is 0 Å². The van der Waals surface area contributed by atoms with E-state index in [2.05, 4.69) is 44.8 Å². The first-order valence-electron chi connectivity index (χ1n) is 10.1. The van der Waals surface area contributed by atoms with Gasteiger partial charge in [-0.05, 0) is 54.4 Å². The molecule has 0 amide bonds. The van der Waals surface area contributed by atoms with Crippen LogP contribution in [0, 0.1) is 6.92 Å². The molecule has 0 radical (unpaired) electrons. The second-order valence-corrected chi connectivity index (χ2v) is 7.79. The van der Waals surface area contributed by atoms with Crippen molar-refractivity contribution in [1.82, 2.24) is 15.3 Å². The van der Waals surface area contributed by atoms with Crippen LogP contribution in [0.3, 0.4) is 0 Å². The average Bonchev–Trinajstić information content (AvgIpc) is 2.78. The van der Waals surface area contributed by atoms with Gasteiger partial charge in [-0.2, -0.15) is 0 Å². The number of hydrogen-bond donors (Lipinski definition) is 2. The minimum Gasteiger partial charge on any atom is -0.495 e. The Kier molecular flexibility index (Phi) is 6.35. The fourth-order valence-corrected chi connectivity index (χ4v) is 3.73. The topological polar surface area (TPSA) is 62.3 Å². The number of hydrogen-bond acceptors (Lipinski definition) is 6. The van der Waals surface area contributed by atoms with Crippen molar-refractivity contribution in [2.75, 3.05) is 43.5 Å². The van der Waals surface area contributed by atoms with Gasteiger partial charge in [0.05, 0.1) is 17.8 Å². The maximum atomic E-state index is 6.14. The van der Waals surface area contributed by atoms with Gasteiger partial charge in [-0.15, -0.1) is 0 Å². The predicted octanol–water partition coefficient (Wildman–Crippen LogP) is 4.19. The van der Waals surface area contributed by atoms with Crippen LogP contribution in [0.15, 0.2) is 48.7 Å². The number of rotatable bonds is 6. The highest BCUT2D eigenvalue weighted by Crippen LogP contribution is 2.27. The summed E-state index contributed by atoms with van der Waals surface area (Å²) < 4.78 is 5.33. The zero-order valence-corrected chi connectivity index (χ0v) is 18.0. The molecule has 0 unspecified atom stereocenters. The second kappa shape index (κ2) is 9.32. The summed E-state index contributed by atoms with van der Waals surface area (Å²) in [5.74, 6) is 1.26. The van der Waals surface area contributed by atoms with Crippen molar-refractivity contribution >= 4 is 28.9 Å². The van der Waals surface area contributed by atoms with Gasteiger partial charge in [0.25, 0.3) is 0 Å². The molecule has 1 saturated heterocycles. The highest BCUT2D eigenvalue weighted by atomic mass is 35.5. The number of benzene rings is 2. The lowest BCUT2D eigenvalue weighted by Crippen LogP contribution is -2.43. The quantitative estimate of drug-likeness (QED) is 0.619. The summed E-state index contributed by atoms with van der Waals surface area (Å²) >= 11 is 6.14. The summed E-state index contributed by atoms with van der Waals surface area (Å²) in [6.07, 6.45) is 2.53. The molecule has 1 aromatic heterocycles. The molecule has 2 heterocycles. The molecule has 7 heteroatoms. The average molecular weight is 424 g/mol. The van der Waals surface area contributed by atoms with Gasteiger partial charge in [0.2, 0.25) is 5.95 Å². The highest BCUT2D eigenvalue weighted by molar-refractivity contribution is 6.32. The molecule has 0 saturated carbocycles. The molecule has 0 atom stereocenters. The molecule has 1 fully saturated rings. The Hall–Kier alpha value is -2.83. The van der Waals surface area contributed by atoms with Crippen molar-refractivity contribution in [3.63, 3.8) is 0 Å². The zero-order valence-electron chi connectivity index (χ0n) is 17.3. The lowest BCUT2D eigenvalue weighted by Gasteiger charge is -2.29. The number of nitrogens with zero attached hydrogens (tertiary/aromatic N) is 3. The third kappa shape index (κ3) is 4.83. The Morgan fingerprint density at radius 1 is 1.13 bits per heavy atom. The second-order valence-electron chi connectivity index (χ2n) is 7.38. The maximum Gasteiger partial charge on any atom is 0.227 e. The number of methoxy groups -OCH3 is 1. The molecule has 3 aromatic rings. The van der Waals surface area contributed by atoms with E-state index in [1.54, 1.807) is 7.11 Å². The fraction of sp³-hybridized carbons (Fsp3) is 0.304. The number of halogens is 1. The van der Waals surface area contributed by atoms with E-state index in [-0.39, 0.29) is 0 Å². The number of aryl methyl sites for hydroxylation is 1. The van der Waals surface area contributed by atoms with Crippen LogP contribution in [0.25, 0.3) is 0 Å². The first-order chi connectivity index (χ1) is 14.6. The van der Waals surface area contributed by atoms with Crippen LogP contribution in [-0.2, 0) is 6.42 Å². The van der Waals surface area contributed by atoms with Crippen LogP contribution < -0.4 is 20.3 Å². The van der Waals surface area contributed by atoms with Gasteiger partial charge in [-0.3, -0.25) is 0 Å². The first kappa shape index (κ1) is 20.4. The van der Waals surface area contributed by atoms with Crippen molar-refractivity contribution in [1.29, 1.82) is 0 Å². The molecule has 4 rings (SSSR count). The van der Waals surface area contributed by atoms with E-state index in [4.69, 9.17) is 21.3 Å². The SMILES string of the molecule is COc1cc(Cc2nc(Nc3ccc(N4CCNCC4)cc3)ncc2C)ccc1Cl. The molecule has 2 N–H and O–H groups in total. The fourth-order valence-electron chi connectivity index (χ4n) is 3.53. The summed E-state index contributed by atoms with van der Waals surface area (Å²) in [7, 11) is 1.62. The van der Waals surface area contributed by atoms with Gasteiger partial charge in [0, 0.05) is 50.2 Å². The Labute approximate surface area is 182 Å². The van der Waals surface area contributed by atoms with Crippen molar-refractivity contribution in [3.8, 4) is 5.75 Å². The smallest absolute Gasteiger partial charge is 0.227 e. The van der Waals surface area contributed by atoms with Crippen molar-refractivity contribution in [3.05, 3.63) is 70.5 Å². The molecule has 2 aromatic carbocycles. The van der Waals surface area contributed by atoms with Crippen LogP contribution in [0.2, 0.25) is 5.02 Å². The molecule has 156 valence electrons. The highest BCUT2D eigenvalue weighted by Gasteiger charge is 2.11. The Morgan fingerprint density at radius 2 is 1.90 bits per heavy atom. The maximum absolute atomic E-state index is 6.14. The summed E-state index contributed by atoms with van der Waals surface area (Å²) in [6.45, 7) is 6.15. The lowest BCUT2D eigenvalue weighted by atomic mass is 10.1. The number of anilines is 3. The number of piperazine rings is 1. The Morgan fingerprint density at radius 3 is 2.63 bits per heavy atom. The molecule has 1 aliphatic rings. The standard InChI is InChI=1S/C23H26ClN5O/c1-16-15-26-23(28-21(16)13-17-3-8-20(24)22(14-17)30-2)27-18-4-6-19(7-5-18)29-11-9-25-10-12-29/h3-8,14-15,25H,9-13H2,1-2H3,(H,26,27,28). The zero-order chi connectivity index (χ0) is 20.9. The monoisotopic (exact) mass is 423 g/mol. The van der Waals surface area contributed by atoms with E-state index in [0.717, 1.165) is 48.7 Å². The third-order valence-electron chi connectivity index (χ3n) is 5.27. The minimum atomic E-state index is 0.589. The lowest BCUT2D eigenvalue weighted by molar-refractivity contribution is 0.414. The van der Waals surface area contributed by atoms with E-state index in [1.165, 1.54) is 5.69 Å². The number of ether oxygens (including phenoxy) is 1. The molecule has 0 bridgehead atoms. The Bertz CT molecular complexity index is 1000. The van der Waals surface area contributed by atoms with Gasteiger partial charge in [0.15, 0.2) is 0 Å². The molecule has 0 aliphatic carbocycles. The summed E-state index contributed by atoms with van der Waals surface area (Å²) in [5, 5.41) is 7.30. The third-order valence-corrected chi connectivity index (χ3v) is 5.58. The van der Waals surface area contributed by atoms with Crippen LogP contribution in [-0.4, -0.2) is 43.3 Å². The molecule has 0 spiro atoms. The van der Waals surface area contributed by atoms with Gasteiger partial charge in [0.1, 0.15) is 5.75 Å². The van der Waals surface area contributed by atoms with Gasteiger partial charge >= 0.3 is 0 Å². The molecular formula is C23H26ClN5O. The summed E-state index contributed by atoms with van der Waals surface area (Å²) in [5.41, 5.74) is 5.31. The van der Waals surface area contributed by atoms with Crippen LogP contribution in [0.5, 0.6) is 5.75 Å². The van der Waals surface area contributed by atoms with Gasteiger partial charge < -0.3 is 20.3 Å². The van der Waals surface area contributed by atoms with Gasteiger partial charge in [-0.1, -0.05) is 17.7 Å². The normalized spacial score (nSPS) is 13.9. The van der Waals surface area contributed by atoms with Crippen molar-refractivity contribution < 1.29 is 4.74 Å². The first-order valence-corrected chi connectivity index (χ1v) is 10.5. The minimum absolute atomic E-state index is 0.589. The van der Waals surface area contributed by atoms with Crippen LogP contribution in [0.1, 0.15) is 16.8 Å². The number of aromatic nitrogens is 2. The molecule has 30 heavy (non-hydrogen) atoms. The summed E-state index contributed by atoms with van der Waals surface area (Å²) in [6, 6.07) is 14.2. The molecule has 1 aliphatic heterocycles. The largest absolute Gasteiger partial charge is 0.495 e. The van der Waals surface area contributed by atoms with E-state index >= 15 is 0 Å². The summed E-state index contributed by atoms with van der Waals surface area (Å²) in [4.78, 5) is 11.6. The van der Waals surface area contributed by atoms with Crippen LogP contribution in [0.4, 0.5) is 17.3 Å².